The number of nitrogens with one attached hydrogen (secondary N) is 1. The van der Waals surface area contributed by atoms with Crippen LogP contribution in [0.2, 0.25) is 0 Å². The Bertz CT molecular complexity index is 926. The summed E-state index contributed by atoms with van der Waals surface area (Å²) in [6, 6.07) is 5.76. The van der Waals surface area contributed by atoms with Gasteiger partial charge in [0.2, 0.25) is 0 Å². The van der Waals surface area contributed by atoms with E-state index in [0.717, 1.165) is 55.6 Å². The van der Waals surface area contributed by atoms with Crippen LogP contribution in [0, 0.1) is 12.3 Å². The van der Waals surface area contributed by atoms with Crippen LogP contribution in [0.1, 0.15) is 80.2 Å². The zero-order chi connectivity index (χ0) is 22.2. The van der Waals surface area contributed by atoms with Crippen LogP contribution >= 0.6 is 0 Å². The first-order valence-electron chi connectivity index (χ1n) is 11.5. The van der Waals surface area contributed by atoms with E-state index in [0.29, 0.717) is 0 Å². The van der Waals surface area contributed by atoms with Crippen molar-refractivity contribution in [1.29, 1.82) is 0 Å². The number of benzene rings is 1. The van der Waals surface area contributed by atoms with E-state index in [9.17, 15) is 4.79 Å². The largest absolute Gasteiger partial charge is 0.491 e. The molecule has 1 aliphatic carbocycles. The lowest BCUT2D eigenvalue weighted by atomic mass is 9.66. The van der Waals surface area contributed by atoms with Gasteiger partial charge in [-0.2, -0.15) is 5.10 Å². The van der Waals surface area contributed by atoms with Gasteiger partial charge in [-0.25, -0.2) is 0 Å². The van der Waals surface area contributed by atoms with E-state index in [-0.39, 0.29) is 29.6 Å². The first kappa shape index (κ1) is 21.9. The lowest BCUT2D eigenvalue weighted by Crippen LogP contribution is -2.46. The molecule has 1 saturated heterocycles. The van der Waals surface area contributed by atoms with Gasteiger partial charge in [-0.15, -0.1) is 0 Å². The Morgan fingerprint density at radius 2 is 1.94 bits per heavy atom. The molecule has 6 heteroatoms. The summed E-state index contributed by atoms with van der Waals surface area (Å²) in [7, 11) is 0. The van der Waals surface area contributed by atoms with Crippen LogP contribution in [0.4, 0.5) is 0 Å². The van der Waals surface area contributed by atoms with Crippen LogP contribution < -0.4 is 4.74 Å². The van der Waals surface area contributed by atoms with E-state index in [1.54, 1.807) is 0 Å². The molecular formula is C25H35N3O3. The van der Waals surface area contributed by atoms with E-state index in [4.69, 9.17) is 9.47 Å². The number of ether oxygens (including phenoxy) is 2. The molecule has 1 N–H and O–H groups in total. The number of H-pyrrole nitrogens is 1. The minimum absolute atomic E-state index is 0.0842. The first-order chi connectivity index (χ1) is 14.8. The fourth-order valence-electron chi connectivity index (χ4n) is 5.06. The van der Waals surface area contributed by atoms with Gasteiger partial charge < -0.3 is 14.4 Å². The molecule has 2 aromatic rings. The van der Waals surface area contributed by atoms with Crippen LogP contribution in [0.25, 0.3) is 0 Å². The Balaban J connectivity index is 1.44. The second-order valence-electron chi connectivity index (χ2n) is 9.80. The van der Waals surface area contributed by atoms with Gasteiger partial charge >= 0.3 is 0 Å². The second-order valence-corrected chi connectivity index (χ2v) is 9.80. The molecule has 0 bridgehead atoms. The van der Waals surface area contributed by atoms with Gasteiger partial charge in [-0.3, -0.25) is 9.89 Å². The van der Waals surface area contributed by atoms with Crippen molar-refractivity contribution in [2.75, 3.05) is 13.1 Å². The van der Waals surface area contributed by atoms with Crippen LogP contribution in [0.5, 0.6) is 5.75 Å². The summed E-state index contributed by atoms with van der Waals surface area (Å²) in [6.45, 7) is 11.7. The number of nitrogens with zero attached hydrogens (tertiary/aromatic N) is 2. The normalized spacial score (nSPS) is 20.4. The molecular weight excluding hydrogens is 390 g/mol. The Morgan fingerprint density at radius 1 is 1.19 bits per heavy atom. The summed E-state index contributed by atoms with van der Waals surface area (Å²) < 4.78 is 12.1. The molecule has 1 aromatic heterocycles. The summed E-state index contributed by atoms with van der Waals surface area (Å²) in [6.07, 6.45) is 6.26. The van der Waals surface area contributed by atoms with E-state index >= 15 is 0 Å². The molecule has 168 valence electrons. The molecule has 1 amide bonds. The summed E-state index contributed by atoms with van der Waals surface area (Å²) >= 11 is 0. The highest BCUT2D eigenvalue weighted by atomic mass is 16.5. The van der Waals surface area contributed by atoms with Gasteiger partial charge in [-0.05, 0) is 89.5 Å². The number of carbonyl (C=O) groups is 1. The number of amides is 1. The molecule has 1 aliphatic heterocycles. The monoisotopic (exact) mass is 425 g/mol. The SMILES string of the molecule is Cc1cc(C(=O)N2CCC3(CC2)Cc2[nH]ncc2C(OC(C)C)C3)ccc1OC(C)C. The molecule has 1 atom stereocenters. The van der Waals surface area contributed by atoms with Gasteiger partial charge in [-0.1, -0.05) is 0 Å². The molecule has 0 saturated carbocycles. The molecule has 2 aliphatic rings. The number of fused-ring (bicyclic) bond motifs is 1. The standard InChI is InChI=1S/C25H35N3O3/c1-16(2)30-22-7-6-19(12-18(22)5)24(29)28-10-8-25(9-11-28)13-21-20(15-26-27-21)23(14-25)31-17(3)4/h6-7,12,15-17,23H,8-11,13-14H2,1-5H3,(H,26,27). The number of aromatic nitrogens is 2. The summed E-state index contributed by atoms with van der Waals surface area (Å²) in [5.41, 5.74) is 4.32. The zero-order valence-electron chi connectivity index (χ0n) is 19.4. The minimum Gasteiger partial charge on any atom is -0.491 e. The molecule has 1 fully saturated rings. The molecule has 6 nitrogen and oxygen atoms in total. The van der Waals surface area contributed by atoms with Gasteiger partial charge in [0.25, 0.3) is 5.91 Å². The van der Waals surface area contributed by atoms with Crippen molar-refractivity contribution in [2.24, 2.45) is 5.41 Å². The van der Waals surface area contributed by atoms with Gasteiger partial charge in [0.15, 0.2) is 0 Å². The molecule has 4 rings (SSSR count). The Kier molecular flexibility index (Phi) is 6.11. The fourth-order valence-corrected chi connectivity index (χ4v) is 5.06. The Hall–Kier alpha value is -2.34. The van der Waals surface area contributed by atoms with Crippen molar-refractivity contribution in [1.82, 2.24) is 15.1 Å². The third kappa shape index (κ3) is 4.64. The topological polar surface area (TPSA) is 67.5 Å². The van der Waals surface area contributed by atoms with Crippen molar-refractivity contribution >= 4 is 5.91 Å². The van der Waals surface area contributed by atoms with Crippen LogP contribution in [-0.4, -0.2) is 46.3 Å². The molecule has 2 heterocycles. The second kappa shape index (κ2) is 8.65. The smallest absolute Gasteiger partial charge is 0.253 e. The average molecular weight is 426 g/mol. The highest BCUT2D eigenvalue weighted by molar-refractivity contribution is 5.94. The van der Waals surface area contributed by atoms with Gasteiger partial charge in [0, 0.05) is 29.9 Å². The van der Waals surface area contributed by atoms with E-state index < -0.39 is 0 Å². The van der Waals surface area contributed by atoms with E-state index in [1.807, 2.05) is 50.1 Å². The van der Waals surface area contributed by atoms with Crippen LogP contribution in [0.15, 0.2) is 24.4 Å². The third-order valence-electron chi connectivity index (χ3n) is 6.60. The number of hydrogen-bond donors (Lipinski definition) is 1. The van der Waals surface area contributed by atoms with E-state index in [1.165, 1.54) is 11.3 Å². The summed E-state index contributed by atoms with van der Waals surface area (Å²) in [5.74, 6) is 0.958. The van der Waals surface area contributed by atoms with Crippen molar-refractivity contribution in [3.63, 3.8) is 0 Å². The molecule has 1 aromatic carbocycles. The van der Waals surface area contributed by atoms with Gasteiger partial charge in [0.05, 0.1) is 24.5 Å². The zero-order valence-corrected chi connectivity index (χ0v) is 19.4. The molecule has 1 unspecified atom stereocenters. The lowest BCUT2D eigenvalue weighted by molar-refractivity contribution is -0.0438. The molecule has 31 heavy (non-hydrogen) atoms. The van der Waals surface area contributed by atoms with Crippen molar-refractivity contribution < 1.29 is 14.3 Å². The summed E-state index contributed by atoms with van der Waals surface area (Å²) in [5, 5.41) is 7.47. The Labute approximate surface area is 185 Å². The Morgan fingerprint density at radius 3 is 2.58 bits per heavy atom. The summed E-state index contributed by atoms with van der Waals surface area (Å²) in [4.78, 5) is 15.2. The predicted molar refractivity (Wildman–Crippen MR) is 120 cm³/mol. The van der Waals surface area contributed by atoms with E-state index in [2.05, 4.69) is 24.0 Å². The number of aromatic amines is 1. The number of hydrogen-bond acceptors (Lipinski definition) is 4. The first-order valence-corrected chi connectivity index (χ1v) is 11.5. The number of aryl methyl sites for hydroxylation is 1. The maximum absolute atomic E-state index is 13.2. The molecule has 0 radical (unpaired) electrons. The van der Waals surface area contributed by atoms with Crippen LogP contribution in [0.3, 0.4) is 0 Å². The predicted octanol–water partition coefficient (Wildman–Crippen LogP) is 4.84. The number of rotatable bonds is 5. The van der Waals surface area contributed by atoms with Crippen LogP contribution in [-0.2, 0) is 11.2 Å². The van der Waals surface area contributed by atoms with Crippen molar-refractivity contribution in [3.05, 3.63) is 46.8 Å². The van der Waals surface area contributed by atoms with Gasteiger partial charge in [0.1, 0.15) is 5.75 Å². The molecule has 1 spiro atoms. The average Bonchev–Trinajstić information content (AvgIpc) is 3.17. The maximum atomic E-state index is 13.2. The minimum atomic E-state index is 0.0842. The number of piperidine rings is 1. The quantitative estimate of drug-likeness (QED) is 0.744. The third-order valence-corrected chi connectivity index (χ3v) is 6.60. The fraction of sp³-hybridized carbons (Fsp3) is 0.600. The number of likely N-dealkylation sites (tertiary alicyclic amines) is 1. The van der Waals surface area contributed by atoms with Crippen molar-refractivity contribution in [2.45, 2.75) is 78.6 Å². The maximum Gasteiger partial charge on any atom is 0.253 e. The number of carbonyl (C=O) groups excluding carboxylic acids is 1. The van der Waals surface area contributed by atoms with Crippen molar-refractivity contribution in [3.8, 4) is 5.75 Å². The highest BCUT2D eigenvalue weighted by Gasteiger charge is 2.43. The highest BCUT2D eigenvalue weighted by Crippen LogP contribution is 2.48. The lowest BCUT2D eigenvalue weighted by Gasteiger charge is -2.46.